The normalized spacial score (nSPS) is 19.0. The number of hydrogen-bond acceptors (Lipinski definition) is 3. The Bertz CT molecular complexity index is 557. The van der Waals surface area contributed by atoms with Crippen molar-refractivity contribution in [1.82, 2.24) is 10.6 Å². The predicted octanol–water partition coefficient (Wildman–Crippen LogP) is 1.75. The van der Waals surface area contributed by atoms with E-state index < -0.39 is 0 Å². The fourth-order valence-corrected chi connectivity index (χ4v) is 2.92. The second kappa shape index (κ2) is 6.96. The van der Waals surface area contributed by atoms with E-state index in [-0.39, 0.29) is 24.4 Å². The first-order chi connectivity index (χ1) is 9.78. The second-order valence-corrected chi connectivity index (χ2v) is 5.32. The average molecular weight is 309 g/mol. The van der Waals surface area contributed by atoms with E-state index in [2.05, 4.69) is 22.8 Å². The van der Waals surface area contributed by atoms with Gasteiger partial charge >= 0.3 is 0 Å². The number of halogens is 1. The summed E-state index contributed by atoms with van der Waals surface area (Å²) in [5, 5.41) is 6.08. The summed E-state index contributed by atoms with van der Waals surface area (Å²) in [6, 6.07) is 4.10. The Balaban J connectivity index is 0.00000161. The molecular formula is C16H21ClN2O2. The van der Waals surface area contributed by atoms with E-state index in [1.54, 1.807) is 7.11 Å². The Kier molecular flexibility index (Phi) is 5.26. The predicted molar refractivity (Wildman–Crippen MR) is 85.0 cm³/mol. The van der Waals surface area contributed by atoms with E-state index in [0.29, 0.717) is 6.54 Å². The van der Waals surface area contributed by atoms with E-state index in [4.69, 9.17) is 4.74 Å². The second-order valence-electron chi connectivity index (χ2n) is 5.32. The highest BCUT2D eigenvalue weighted by Crippen LogP contribution is 2.29. The Hall–Kier alpha value is -1.52. The van der Waals surface area contributed by atoms with Crippen molar-refractivity contribution in [1.29, 1.82) is 0 Å². The first kappa shape index (κ1) is 15.9. The number of fused-ring (bicyclic) bond motifs is 1. The minimum atomic E-state index is -0.199. The summed E-state index contributed by atoms with van der Waals surface area (Å²) in [7, 11) is 1.68. The third kappa shape index (κ3) is 3.39. The molecule has 0 spiro atoms. The standard InChI is InChI=1S/C16H20N2O2.ClH/c1-20-15-9-12-5-2-4-11(12)8-13(15)10-18-16(19)14-6-3-7-17-14;/h3,6,8-9,14,17H,2,4-5,7,10H2,1H3,(H,18,19);1H. The molecule has 21 heavy (non-hydrogen) atoms. The maximum absolute atomic E-state index is 12.0. The summed E-state index contributed by atoms with van der Waals surface area (Å²) in [6.45, 7) is 1.28. The molecule has 1 aliphatic heterocycles. The van der Waals surface area contributed by atoms with Gasteiger partial charge in [-0.2, -0.15) is 0 Å². The topological polar surface area (TPSA) is 50.4 Å². The van der Waals surface area contributed by atoms with Crippen LogP contribution in [-0.2, 0) is 24.2 Å². The molecule has 1 unspecified atom stereocenters. The van der Waals surface area contributed by atoms with Crippen LogP contribution in [0.1, 0.15) is 23.1 Å². The van der Waals surface area contributed by atoms with Gasteiger partial charge in [0.15, 0.2) is 0 Å². The van der Waals surface area contributed by atoms with E-state index in [1.807, 2.05) is 12.2 Å². The third-order valence-corrected chi connectivity index (χ3v) is 4.01. The van der Waals surface area contributed by atoms with Gasteiger partial charge in [-0.15, -0.1) is 12.4 Å². The first-order valence-electron chi connectivity index (χ1n) is 7.14. The molecule has 2 N–H and O–H groups in total. The molecule has 0 saturated carbocycles. The highest BCUT2D eigenvalue weighted by molar-refractivity contribution is 5.85. The molecule has 1 heterocycles. The van der Waals surface area contributed by atoms with Crippen LogP contribution in [0.4, 0.5) is 0 Å². The molecule has 0 saturated heterocycles. The number of aryl methyl sites for hydroxylation is 2. The van der Waals surface area contributed by atoms with Gasteiger partial charge in [-0.1, -0.05) is 18.2 Å². The molecular weight excluding hydrogens is 288 g/mol. The smallest absolute Gasteiger partial charge is 0.241 e. The van der Waals surface area contributed by atoms with E-state index in [1.165, 1.54) is 17.5 Å². The molecule has 5 heteroatoms. The molecule has 4 nitrogen and oxygen atoms in total. The number of benzene rings is 1. The van der Waals surface area contributed by atoms with Gasteiger partial charge in [0.25, 0.3) is 0 Å². The number of ether oxygens (including phenoxy) is 1. The van der Waals surface area contributed by atoms with Crippen LogP contribution in [0.25, 0.3) is 0 Å². The van der Waals surface area contributed by atoms with Crippen molar-refractivity contribution >= 4 is 18.3 Å². The molecule has 0 bridgehead atoms. The fourth-order valence-electron chi connectivity index (χ4n) is 2.92. The van der Waals surface area contributed by atoms with Crippen LogP contribution >= 0.6 is 12.4 Å². The summed E-state index contributed by atoms with van der Waals surface area (Å²) in [5.41, 5.74) is 3.84. The van der Waals surface area contributed by atoms with Gasteiger partial charge in [0.1, 0.15) is 11.8 Å². The molecule has 1 atom stereocenters. The Morgan fingerprint density at radius 3 is 2.81 bits per heavy atom. The lowest BCUT2D eigenvalue weighted by Gasteiger charge is -2.14. The van der Waals surface area contributed by atoms with Crippen molar-refractivity contribution in [3.63, 3.8) is 0 Å². The lowest BCUT2D eigenvalue weighted by atomic mass is 10.0. The molecule has 0 fully saturated rings. The molecule has 3 rings (SSSR count). The van der Waals surface area contributed by atoms with Gasteiger partial charge in [0.2, 0.25) is 5.91 Å². The van der Waals surface area contributed by atoms with Gasteiger partial charge < -0.3 is 10.1 Å². The molecule has 2 aliphatic rings. The van der Waals surface area contributed by atoms with E-state index in [0.717, 1.165) is 30.7 Å². The molecule has 1 aromatic carbocycles. The minimum Gasteiger partial charge on any atom is -0.496 e. The van der Waals surface area contributed by atoms with Gasteiger partial charge in [-0.05, 0) is 36.5 Å². The Labute approximate surface area is 131 Å². The third-order valence-electron chi connectivity index (χ3n) is 4.01. The van der Waals surface area contributed by atoms with Crippen LogP contribution < -0.4 is 15.4 Å². The van der Waals surface area contributed by atoms with Crippen LogP contribution in [0.15, 0.2) is 24.3 Å². The van der Waals surface area contributed by atoms with Gasteiger partial charge in [0, 0.05) is 18.7 Å². The largest absolute Gasteiger partial charge is 0.496 e. The molecule has 1 aromatic rings. The van der Waals surface area contributed by atoms with Crippen LogP contribution in [0.3, 0.4) is 0 Å². The van der Waals surface area contributed by atoms with Crippen LogP contribution in [0, 0.1) is 0 Å². The summed E-state index contributed by atoms with van der Waals surface area (Å²) in [6.07, 6.45) is 7.35. The number of rotatable bonds is 4. The number of carbonyl (C=O) groups is 1. The molecule has 0 radical (unpaired) electrons. The number of methoxy groups -OCH3 is 1. The van der Waals surface area contributed by atoms with Gasteiger partial charge in [-0.25, -0.2) is 0 Å². The van der Waals surface area contributed by atoms with Crippen LogP contribution in [0.5, 0.6) is 5.75 Å². The number of nitrogens with one attached hydrogen (secondary N) is 2. The van der Waals surface area contributed by atoms with E-state index in [9.17, 15) is 4.79 Å². The van der Waals surface area contributed by atoms with Crippen LogP contribution in [0.2, 0.25) is 0 Å². The summed E-state index contributed by atoms with van der Waals surface area (Å²) in [5.74, 6) is 0.891. The maximum atomic E-state index is 12.0. The molecule has 0 aromatic heterocycles. The van der Waals surface area contributed by atoms with Crippen molar-refractivity contribution in [3.8, 4) is 5.75 Å². The number of hydrogen-bond donors (Lipinski definition) is 2. The first-order valence-corrected chi connectivity index (χ1v) is 7.14. The molecule has 1 amide bonds. The SMILES string of the molecule is COc1cc2c(cc1CNC(=O)C1C=CCN1)CCC2.Cl. The number of amides is 1. The monoisotopic (exact) mass is 308 g/mol. The van der Waals surface area contributed by atoms with Crippen molar-refractivity contribution < 1.29 is 9.53 Å². The number of carbonyl (C=O) groups excluding carboxylic acids is 1. The summed E-state index contributed by atoms with van der Waals surface area (Å²) >= 11 is 0. The maximum Gasteiger partial charge on any atom is 0.241 e. The van der Waals surface area contributed by atoms with Crippen molar-refractivity contribution in [2.45, 2.75) is 31.8 Å². The minimum absolute atomic E-state index is 0. The quantitative estimate of drug-likeness (QED) is 0.833. The zero-order valence-electron chi connectivity index (χ0n) is 12.1. The molecule has 114 valence electrons. The summed E-state index contributed by atoms with van der Waals surface area (Å²) < 4.78 is 5.45. The van der Waals surface area contributed by atoms with Crippen molar-refractivity contribution in [2.75, 3.05) is 13.7 Å². The van der Waals surface area contributed by atoms with Crippen molar-refractivity contribution in [3.05, 3.63) is 41.0 Å². The Morgan fingerprint density at radius 1 is 1.38 bits per heavy atom. The molecule has 1 aliphatic carbocycles. The zero-order valence-corrected chi connectivity index (χ0v) is 13.0. The highest BCUT2D eigenvalue weighted by atomic mass is 35.5. The average Bonchev–Trinajstić information content (AvgIpc) is 3.13. The fraction of sp³-hybridized carbons (Fsp3) is 0.438. The van der Waals surface area contributed by atoms with E-state index >= 15 is 0 Å². The van der Waals surface area contributed by atoms with Gasteiger partial charge in [-0.3, -0.25) is 10.1 Å². The zero-order chi connectivity index (χ0) is 13.9. The lowest BCUT2D eigenvalue weighted by Crippen LogP contribution is -2.40. The highest BCUT2D eigenvalue weighted by Gasteiger charge is 2.19. The van der Waals surface area contributed by atoms with Crippen molar-refractivity contribution in [2.24, 2.45) is 0 Å². The summed E-state index contributed by atoms with van der Waals surface area (Å²) in [4.78, 5) is 12.0. The van der Waals surface area contributed by atoms with Gasteiger partial charge in [0.05, 0.1) is 7.11 Å². The van der Waals surface area contributed by atoms with Crippen LogP contribution in [-0.4, -0.2) is 25.6 Å². The Morgan fingerprint density at radius 2 is 2.14 bits per heavy atom. The lowest BCUT2D eigenvalue weighted by molar-refractivity contribution is -0.122.